The predicted molar refractivity (Wildman–Crippen MR) is 62.3 cm³/mol. The van der Waals surface area contributed by atoms with Crippen LogP contribution in [0.25, 0.3) is 11.4 Å². The molecular formula is C10H10N4OS. The minimum absolute atomic E-state index is 0.300. The Morgan fingerprint density at radius 1 is 1.25 bits per heavy atom. The average molecular weight is 234 g/mol. The van der Waals surface area contributed by atoms with Crippen molar-refractivity contribution in [2.45, 2.75) is 5.16 Å². The standard InChI is InChI=1S/C10H10N4OS/c1-14-9(15)12-8(13-10(14)16-2)7-3-5-11-6-4-7/h3-6H,1-2H3. The van der Waals surface area contributed by atoms with Gasteiger partial charge >= 0.3 is 5.69 Å². The van der Waals surface area contributed by atoms with Crippen molar-refractivity contribution in [2.75, 3.05) is 6.26 Å². The molecule has 0 N–H and O–H groups in total. The molecule has 16 heavy (non-hydrogen) atoms. The van der Waals surface area contributed by atoms with E-state index in [-0.39, 0.29) is 5.69 Å². The molecule has 82 valence electrons. The van der Waals surface area contributed by atoms with Crippen molar-refractivity contribution in [2.24, 2.45) is 7.05 Å². The van der Waals surface area contributed by atoms with E-state index in [0.717, 1.165) is 5.56 Å². The van der Waals surface area contributed by atoms with Gasteiger partial charge < -0.3 is 0 Å². The summed E-state index contributed by atoms with van der Waals surface area (Å²) in [4.78, 5) is 23.7. The third-order valence-corrected chi connectivity index (χ3v) is 2.83. The molecule has 0 unspecified atom stereocenters. The van der Waals surface area contributed by atoms with Gasteiger partial charge in [0, 0.05) is 25.0 Å². The van der Waals surface area contributed by atoms with Gasteiger partial charge in [0.2, 0.25) is 0 Å². The monoisotopic (exact) mass is 234 g/mol. The summed E-state index contributed by atoms with van der Waals surface area (Å²) in [6, 6.07) is 3.55. The minimum Gasteiger partial charge on any atom is -0.274 e. The average Bonchev–Trinajstić information content (AvgIpc) is 2.33. The Kier molecular flexibility index (Phi) is 3.00. The molecule has 0 aliphatic rings. The van der Waals surface area contributed by atoms with E-state index < -0.39 is 0 Å². The zero-order valence-corrected chi connectivity index (χ0v) is 9.73. The molecule has 2 aromatic rings. The van der Waals surface area contributed by atoms with Gasteiger partial charge in [-0.25, -0.2) is 9.78 Å². The molecule has 2 heterocycles. The highest BCUT2D eigenvalue weighted by Gasteiger charge is 2.07. The third kappa shape index (κ3) is 1.96. The lowest BCUT2D eigenvalue weighted by Crippen LogP contribution is -2.23. The molecule has 0 fully saturated rings. The lowest BCUT2D eigenvalue weighted by molar-refractivity contribution is 0.674. The number of aromatic nitrogens is 4. The largest absolute Gasteiger partial charge is 0.351 e. The van der Waals surface area contributed by atoms with Crippen LogP contribution in [0.1, 0.15) is 0 Å². The van der Waals surface area contributed by atoms with Gasteiger partial charge in [-0.15, -0.1) is 0 Å². The first-order valence-electron chi connectivity index (χ1n) is 4.62. The Morgan fingerprint density at radius 2 is 1.94 bits per heavy atom. The molecule has 0 spiro atoms. The van der Waals surface area contributed by atoms with Crippen molar-refractivity contribution in [3.8, 4) is 11.4 Å². The van der Waals surface area contributed by atoms with E-state index in [4.69, 9.17) is 0 Å². The second-order valence-corrected chi connectivity index (χ2v) is 3.88. The SMILES string of the molecule is CSc1nc(-c2ccncc2)nc(=O)n1C. The zero-order chi connectivity index (χ0) is 11.5. The first kappa shape index (κ1) is 10.8. The van der Waals surface area contributed by atoms with Gasteiger partial charge in [0.1, 0.15) is 0 Å². The van der Waals surface area contributed by atoms with Crippen LogP contribution >= 0.6 is 11.8 Å². The fraction of sp³-hybridized carbons (Fsp3) is 0.200. The summed E-state index contributed by atoms with van der Waals surface area (Å²) in [6.07, 6.45) is 5.17. The van der Waals surface area contributed by atoms with Crippen molar-refractivity contribution in [3.05, 3.63) is 35.0 Å². The number of thioether (sulfide) groups is 1. The van der Waals surface area contributed by atoms with Crippen molar-refractivity contribution < 1.29 is 0 Å². The summed E-state index contributed by atoms with van der Waals surface area (Å²) in [5.41, 5.74) is 0.495. The van der Waals surface area contributed by atoms with Crippen molar-refractivity contribution in [3.63, 3.8) is 0 Å². The van der Waals surface area contributed by atoms with Crippen molar-refractivity contribution in [1.29, 1.82) is 0 Å². The maximum Gasteiger partial charge on any atom is 0.351 e. The number of hydrogen-bond acceptors (Lipinski definition) is 5. The van der Waals surface area contributed by atoms with Crippen LogP contribution in [0.5, 0.6) is 0 Å². The van der Waals surface area contributed by atoms with Crippen LogP contribution in [-0.4, -0.2) is 25.8 Å². The number of rotatable bonds is 2. The number of hydrogen-bond donors (Lipinski definition) is 0. The van der Waals surface area contributed by atoms with E-state index >= 15 is 0 Å². The molecule has 0 amide bonds. The molecular weight excluding hydrogens is 224 g/mol. The molecule has 6 heteroatoms. The van der Waals surface area contributed by atoms with E-state index in [1.165, 1.54) is 16.3 Å². The number of pyridine rings is 1. The van der Waals surface area contributed by atoms with Crippen LogP contribution < -0.4 is 5.69 Å². The molecule has 0 saturated carbocycles. The second-order valence-electron chi connectivity index (χ2n) is 3.11. The number of nitrogens with zero attached hydrogens (tertiary/aromatic N) is 4. The van der Waals surface area contributed by atoms with Crippen molar-refractivity contribution in [1.82, 2.24) is 19.5 Å². The molecule has 2 aromatic heterocycles. The topological polar surface area (TPSA) is 60.7 Å². The lowest BCUT2D eigenvalue weighted by atomic mass is 10.2. The fourth-order valence-electron chi connectivity index (χ4n) is 1.25. The summed E-state index contributed by atoms with van der Waals surface area (Å²) in [5.74, 6) is 0.440. The predicted octanol–water partition coefficient (Wildman–Crippen LogP) is 0.959. The van der Waals surface area contributed by atoms with E-state index in [1.807, 2.05) is 6.26 Å². The normalized spacial score (nSPS) is 10.4. The lowest BCUT2D eigenvalue weighted by Gasteiger charge is -2.05. The molecule has 0 radical (unpaired) electrons. The molecule has 0 aliphatic heterocycles. The van der Waals surface area contributed by atoms with Gasteiger partial charge in [0.25, 0.3) is 0 Å². The van der Waals surface area contributed by atoms with Gasteiger partial charge in [-0.05, 0) is 18.4 Å². The van der Waals surface area contributed by atoms with Gasteiger partial charge in [0.05, 0.1) is 0 Å². The van der Waals surface area contributed by atoms with E-state index in [0.29, 0.717) is 11.0 Å². The summed E-state index contributed by atoms with van der Waals surface area (Å²) >= 11 is 1.41. The summed E-state index contributed by atoms with van der Waals surface area (Å²) < 4.78 is 1.43. The quantitative estimate of drug-likeness (QED) is 0.724. The van der Waals surface area contributed by atoms with Crippen LogP contribution in [0.15, 0.2) is 34.5 Å². The molecule has 0 atom stereocenters. The van der Waals surface area contributed by atoms with E-state index in [1.54, 1.807) is 31.6 Å². The van der Waals surface area contributed by atoms with Crippen LogP contribution in [0.4, 0.5) is 0 Å². The Morgan fingerprint density at radius 3 is 2.56 bits per heavy atom. The van der Waals surface area contributed by atoms with Crippen LogP contribution in [0.2, 0.25) is 0 Å². The van der Waals surface area contributed by atoms with Gasteiger partial charge in [-0.1, -0.05) is 11.8 Å². The molecule has 0 aromatic carbocycles. The smallest absolute Gasteiger partial charge is 0.274 e. The van der Waals surface area contributed by atoms with E-state index in [9.17, 15) is 4.79 Å². The van der Waals surface area contributed by atoms with Gasteiger partial charge in [-0.3, -0.25) is 9.55 Å². The Bertz CT molecular complexity index is 552. The highest BCUT2D eigenvalue weighted by Crippen LogP contribution is 2.15. The van der Waals surface area contributed by atoms with E-state index in [2.05, 4.69) is 15.0 Å². The highest BCUT2D eigenvalue weighted by atomic mass is 32.2. The molecule has 0 saturated heterocycles. The Balaban J connectivity index is 2.60. The zero-order valence-electron chi connectivity index (χ0n) is 8.91. The summed E-state index contributed by atoms with van der Waals surface area (Å²) in [7, 11) is 1.66. The second kappa shape index (κ2) is 4.44. The molecule has 5 nitrogen and oxygen atoms in total. The third-order valence-electron chi connectivity index (χ3n) is 2.10. The van der Waals surface area contributed by atoms with Crippen LogP contribution in [0.3, 0.4) is 0 Å². The maximum atomic E-state index is 11.6. The first-order chi connectivity index (χ1) is 7.72. The van der Waals surface area contributed by atoms with Gasteiger partial charge in [-0.2, -0.15) is 4.98 Å². The molecule has 2 rings (SSSR count). The summed E-state index contributed by atoms with van der Waals surface area (Å²) in [5, 5.41) is 0.645. The Hall–Kier alpha value is -1.69. The van der Waals surface area contributed by atoms with Crippen molar-refractivity contribution >= 4 is 11.8 Å². The fourth-order valence-corrected chi connectivity index (χ4v) is 1.78. The van der Waals surface area contributed by atoms with Crippen LogP contribution in [-0.2, 0) is 7.05 Å². The molecule has 0 aliphatic carbocycles. The minimum atomic E-state index is -0.300. The highest BCUT2D eigenvalue weighted by molar-refractivity contribution is 7.98. The van der Waals surface area contributed by atoms with Crippen LogP contribution in [0, 0.1) is 0 Å². The van der Waals surface area contributed by atoms with Gasteiger partial charge in [0.15, 0.2) is 11.0 Å². The maximum absolute atomic E-state index is 11.6. The first-order valence-corrected chi connectivity index (χ1v) is 5.84. The summed E-state index contributed by atoms with van der Waals surface area (Å²) in [6.45, 7) is 0. The Labute approximate surface area is 96.6 Å². The molecule has 0 bridgehead atoms.